The molecule has 2 rings (SSSR count). The van der Waals surface area contributed by atoms with E-state index < -0.39 is 57.5 Å². The number of carboxylic acids is 4. The van der Waals surface area contributed by atoms with Crippen molar-refractivity contribution in [1.82, 2.24) is 0 Å². The maximum Gasteiger partial charge on any atom is 0.337 e. The summed E-state index contributed by atoms with van der Waals surface area (Å²) in [6.07, 6.45) is 0. The van der Waals surface area contributed by atoms with Crippen LogP contribution in [0.5, 0.6) is 0 Å². The maximum atomic E-state index is 11.3. The SMILES string of the molecule is Nc1c(C(=O)O)cc(Sc2cc(C(=O)O)c(N)c(C(=O)O)c2)cc1C(=O)O. The number of rotatable bonds is 6. The number of hydrogen-bond acceptors (Lipinski definition) is 7. The first-order chi connectivity index (χ1) is 12.5. The molecule has 0 radical (unpaired) electrons. The molecular weight excluding hydrogens is 380 g/mol. The first-order valence-electron chi connectivity index (χ1n) is 7.01. The van der Waals surface area contributed by atoms with Crippen molar-refractivity contribution in [2.45, 2.75) is 9.79 Å². The fourth-order valence-electron chi connectivity index (χ4n) is 2.22. The standard InChI is InChI=1S/C16H12N2O8S/c17-11-7(13(19)20)1-5(2-8(11)14(21)22)27-6-3-9(15(23)24)12(18)10(4-6)16(25)26/h1-4H,17-18H2,(H,19,20)(H,21,22)(H,23,24)(H,25,26). The van der Waals surface area contributed by atoms with Crippen LogP contribution in [0, 0.1) is 0 Å². The Morgan fingerprint density at radius 3 is 1.00 bits per heavy atom. The van der Waals surface area contributed by atoms with E-state index in [1.165, 1.54) is 0 Å². The molecule has 0 heterocycles. The molecule has 0 saturated heterocycles. The minimum Gasteiger partial charge on any atom is -0.478 e. The molecule has 0 fully saturated rings. The molecule has 0 amide bonds. The average molecular weight is 392 g/mol. The molecule has 10 nitrogen and oxygen atoms in total. The first kappa shape index (κ1) is 19.6. The van der Waals surface area contributed by atoms with Gasteiger partial charge in [-0.2, -0.15) is 0 Å². The Kier molecular flexibility index (Phi) is 5.26. The van der Waals surface area contributed by atoms with Crippen LogP contribution in [0.25, 0.3) is 0 Å². The third-order valence-corrected chi connectivity index (χ3v) is 4.41. The third-order valence-electron chi connectivity index (χ3n) is 3.46. The second kappa shape index (κ2) is 7.25. The summed E-state index contributed by atoms with van der Waals surface area (Å²) < 4.78 is 0. The van der Waals surface area contributed by atoms with E-state index in [-0.39, 0.29) is 9.79 Å². The molecule has 2 aromatic carbocycles. The zero-order valence-electron chi connectivity index (χ0n) is 13.3. The summed E-state index contributed by atoms with van der Waals surface area (Å²) in [5.41, 5.74) is 8.42. The molecule has 0 bridgehead atoms. The van der Waals surface area contributed by atoms with Crippen molar-refractivity contribution in [3.63, 3.8) is 0 Å². The summed E-state index contributed by atoms with van der Waals surface area (Å²) in [5, 5.41) is 36.7. The predicted molar refractivity (Wildman–Crippen MR) is 93.7 cm³/mol. The first-order valence-corrected chi connectivity index (χ1v) is 7.82. The summed E-state index contributed by atoms with van der Waals surface area (Å²) in [6.45, 7) is 0. The van der Waals surface area contributed by atoms with Gasteiger partial charge in [-0.05, 0) is 24.3 Å². The lowest BCUT2D eigenvalue weighted by molar-refractivity contribution is 0.0678. The lowest BCUT2D eigenvalue weighted by Gasteiger charge is -2.11. The zero-order chi connectivity index (χ0) is 20.5. The van der Waals surface area contributed by atoms with E-state index in [4.69, 9.17) is 11.5 Å². The van der Waals surface area contributed by atoms with Crippen LogP contribution in [0.4, 0.5) is 11.4 Å². The van der Waals surface area contributed by atoms with Gasteiger partial charge in [0, 0.05) is 9.79 Å². The van der Waals surface area contributed by atoms with Gasteiger partial charge >= 0.3 is 23.9 Å². The van der Waals surface area contributed by atoms with E-state index in [1.54, 1.807) is 0 Å². The van der Waals surface area contributed by atoms with E-state index in [2.05, 4.69) is 0 Å². The van der Waals surface area contributed by atoms with Crippen molar-refractivity contribution in [3.8, 4) is 0 Å². The minimum atomic E-state index is -1.45. The number of carbonyl (C=O) groups is 4. The molecule has 0 saturated carbocycles. The van der Waals surface area contributed by atoms with Crippen LogP contribution in [-0.4, -0.2) is 44.3 Å². The maximum absolute atomic E-state index is 11.3. The van der Waals surface area contributed by atoms with Crippen molar-refractivity contribution >= 4 is 47.0 Å². The zero-order valence-corrected chi connectivity index (χ0v) is 14.1. The van der Waals surface area contributed by atoms with Crippen LogP contribution in [0.15, 0.2) is 34.1 Å². The summed E-state index contributed by atoms with van der Waals surface area (Å²) in [7, 11) is 0. The number of hydrogen-bond donors (Lipinski definition) is 6. The van der Waals surface area contributed by atoms with Crippen molar-refractivity contribution < 1.29 is 39.6 Å². The van der Waals surface area contributed by atoms with Crippen molar-refractivity contribution in [2.24, 2.45) is 0 Å². The van der Waals surface area contributed by atoms with E-state index >= 15 is 0 Å². The van der Waals surface area contributed by atoms with E-state index in [0.717, 1.165) is 36.0 Å². The summed E-state index contributed by atoms with van der Waals surface area (Å²) in [6, 6.07) is 4.41. The molecule has 0 atom stereocenters. The van der Waals surface area contributed by atoms with Crippen LogP contribution in [0.2, 0.25) is 0 Å². The van der Waals surface area contributed by atoms with Gasteiger partial charge in [0.2, 0.25) is 0 Å². The molecule has 0 aliphatic carbocycles. The van der Waals surface area contributed by atoms with Gasteiger partial charge in [0.05, 0.1) is 33.6 Å². The monoisotopic (exact) mass is 392 g/mol. The smallest absolute Gasteiger partial charge is 0.337 e. The Balaban J connectivity index is 2.63. The molecule has 140 valence electrons. The number of nitrogen functional groups attached to an aromatic ring is 2. The molecule has 2 aromatic rings. The van der Waals surface area contributed by atoms with Crippen LogP contribution >= 0.6 is 11.8 Å². The lowest BCUT2D eigenvalue weighted by Crippen LogP contribution is -2.10. The van der Waals surface area contributed by atoms with Gasteiger partial charge in [-0.1, -0.05) is 11.8 Å². The Hall–Kier alpha value is -3.73. The number of nitrogens with two attached hydrogens (primary N) is 2. The van der Waals surface area contributed by atoms with Crippen LogP contribution in [-0.2, 0) is 0 Å². The Morgan fingerprint density at radius 1 is 0.593 bits per heavy atom. The van der Waals surface area contributed by atoms with Gasteiger partial charge in [-0.3, -0.25) is 0 Å². The van der Waals surface area contributed by atoms with E-state index in [0.29, 0.717) is 0 Å². The van der Waals surface area contributed by atoms with Crippen molar-refractivity contribution in [3.05, 3.63) is 46.5 Å². The molecule has 0 spiro atoms. The molecule has 0 unspecified atom stereocenters. The van der Waals surface area contributed by atoms with Crippen LogP contribution in [0.1, 0.15) is 41.4 Å². The number of aromatic carboxylic acids is 4. The normalized spacial score (nSPS) is 10.4. The van der Waals surface area contributed by atoms with Crippen LogP contribution < -0.4 is 11.5 Å². The van der Waals surface area contributed by atoms with Gasteiger partial charge in [-0.15, -0.1) is 0 Å². The van der Waals surface area contributed by atoms with E-state index in [9.17, 15) is 39.6 Å². The highest BCUT2D eigenvalue weighted by Crippen LogP contribution is 2.35. The fraction of sp³-hybridized carbons (Fsp3) is 0. The van der Waals surface area contributed by atoms with Gasteiger partial charge in [0.15, 0.2) is 0 Å². The van der Waals surface area contributed by atoms with Crippen molar-refractivity contribution in [1.29, 1.82) is 0 Å². The number of carboxylic acid groups (broad SMARTS) is 4. The highest BCUT2D eigenvalue weighted by Gasteiger charge is 2.21. The molecular formula is C16H12N2O8S. The molecule has 27 heavy (non-hydrogen) atoms. The van der Waals surface area contributed by atoms with E-state index in [1.807, 2.05) is 0 Å². The predicted octanol–water partition coefficient (Wildman–Crippen LogP) is 1.80. The Labute approximate surface area is 155 Å². The molecule has 0 aliphatic rings. The van der Waals surface area contributed by atoms with Gasteiger partial charge in [0.25, 0.3) is 0 Å². The van der Waals surface area contributed by atoms with Crippen molar-refractivity contribution in [2.75, 3.05) is 11.5 Å². The lowest BCUT2D eigenvalue weighted by atomic mass is 10.1. The average Bonchev–Trinajstić information content (AvgIpc) is 2.56. The fourth-order valence-corrected chi connectivity index (χ4v) is 3.19. The highest BCUT2D eigenvalue weighted by atomic mass is 32.2. The highest BCUT2D eigenvalue weighted by molar-refractivity contribution is 7.99. The second-order valence-corrected chi connectivity index (χ2v) is 6.33. The molecule has 11 heteroatoms. The Morgan fingerprint density at radius 2 is 0.815 bits per heavy atom. The number of anilines is 2. The third kappa shape index (κ3) is 3.93. The minimum absolute atomic E-state index is 0.108. The van der Waals surface area contributed by atoms with Gasteiger partial charge in [-0.25, -0.2) is 19.2 Å². The topological polar surface area (TPSA) is 201 Å². The summed E-state index contributed by atoms with van der Waals surface area (Å²) in [5.74, 6) is -5.81. The number of benzene rings is 2. The van der Waals surface area contributed by atoms with Gasteiger partial charge in [0.1, 0.15) is 0 Å². The summed E-state index contributed by atoms with van der Waals surface area (Å²) in [4.78, 5) is 45.3. The molecule has 0 aromatic heterocycles. The van der Waals surface area contributed by atoms with Gasteiger partial charge < -0.3 is 31.9 Å². The molecule has 0 aliphatic heterocycles. The molecule has 8 N–H and O–H groups in total. The largest absolute Gasteiger partial charge is 0.478 e. The second-order valence-electron chi connectivity index (χ2n) is 5.19. The van der Waals surface area contributed by atoms with Crippen LogP contribution in [0.3, 0.4) is 0 Å². The quantitative estimate of drug-likeness (QED) is 0.391. The summed E-state index contributed by atoms with van der Waals surface area (Å²) >= 11 is 0.767. The Bertz CT molecular complexity index is 852.